The molecule has 3 rings (SSSR count). The van der Waals surface area contributed by atoms with E-state index < -0.39 is 23.5 Å². The van der Waals surface area contributed by atoms with Crippen LogP contribution in [0.2, 0.25) is 0 Å². The highest BCUT2D eigenvalue weighted by molar-refractivity contribution is 6.09. The molecule has 25 heavy (non-hydrogen) atoms. The Bertz CT molecular complexity index is 780. The molecule has 0 spiro atoms. The van der Waals surface area contributed by atoms with E-state index in [2.05, 4.69) is 5.32 Å². The standard InChI is InChI=1S/C19H18F2N2O2/c20-14-6-7-17(16(21)12-14)23-11-9-15(19(23)25)18(24)22-10-8-13-4-2-1-3-5-13/h1-7,12,15H,8-11H2,(H,22,24). The summed E-state index contributed by atoms with van der Waals surface area (Å²) in [6.45, 7) is 0.662. The van der Waals surface area contributed by atoms with Gasteiger partial charge in [-0.15, -0.1) is 0 Å². The normalized spacial score (nSPS) is 17.0. The van der Waals surface area contributed by atoms with Crippen molar-refractivity contribution in [2.75, 3.05) is 18.0 Å². The Hall–Kier alpha value is -2.76. The molecule has 1 aliphatic heterocycles. The summed E-state index contributed by atoms with van der Waals surface area (Å²) in [5.74, 6) is -3.16. The van der Waals surface area contributed by atoms with Crippen LogP contribution in [-0.2, 0) is 16.0 Å². The zero-order valence-electron chi connectivity index (χ0n) is 13.5. The average molecular weight is 344 g/mol. The largest absolute Gasteiger partial charge is 0.355 e. The van der Waals surface area contributed by atoms with Crippen LogP contribution in [0.5, 0.6) is 0 Å². The number of rotatable bonds is 5. The Morgan fingerprint density at radius 3 is 2.64 bits per heavy atom. The van der Waals surface area contributed by atoms with Crippen molar-refractivity contribution in [3.63, 3.8) is 0 Å². The van der Waals surface area contributed by atoms with Crippen molar-refractivity contribution in [3.8, 4) is 0 Å². The predicted octanol–water partition coefficient (Wildman–Crippen LogP) is 2.68. The molecule has 1 aliphatic rings. The second kappa shape index (κ2) is 7.42. The maximum Gasteiger partial charge on any atom is 0.239 e. The van der Waals surface area contributed by atoms with Crippen molar-refractivity contribution >= 4 is 17.5 Å². The van der Waals surface area contributed by atoms with Gasteiger partial charge in [0.2, 0.25) is 11.8 Å². The van der Waals surface area contributed by atoms with E-state index in [9.17, 15) is 18.4 Å². The molecule has 2 aromatic carbocycles. The summed E-state index contributed by atoms with van der Waals surface area (Å²) in [4.78, 5) is 25.9. The predicted molar refractivity (Wildman–Crippen MR) is 90.0 cm³/mol. The summed E-state index contributed by atoms with van der Waals surface area (Å²) in [7, 11) is 0. The van der Waals surface area contributed by atoms with Crippen LogP contribution in [0.15, 0.2) is 48.5 Å². The smallest absolute Gasteiger partial charge is 0.239 e. The zero-order chi connectivity index (χ0) is 17.8. The van der Waals surface area contributed by atoms with Crippen LogP contribution in [0.1, 0.15) is 12.0 Å². The molecule has 1 heterocycles. The minimum Gasteiger partial charge on any atom is -0.355 e. The first kappa shape index (κ1) is 17.1. The number of carbonyl (C=O) groups excluding carboxylic acids is 2. The average Bonchev–Trinajstić information content (AvgIpc) is 2.97. The van der Waals surface area contributed by atoms with E-state index >= 15 is 0 Å². The lowest BCUT2D eigenvalue weighted by Gasteiger charge is -2.17. The molecule has 1 N–H and O–H groups in total. The molecule has 1 atom stereocenters. The van der Waals surface area contributed by atoms with E-state index in [-0.39, 0.29) is 18.1 Å². The fraction of sp³-hybridized carbons (Fsp3) is 0.263. The molecule has 130 valence electrons. The Labute approximate surface area is 144 Å². The highest BCUT2D eigenvalue weighted by atomic mass is 19.1. The number of nitrogens with one attached hydrogen (secondary N) is 1. The Morgan fingerprint density at radius 1 is 1.16 bits per heavy atom. The Morgan fingerprint density at radius 2 is 1.92 bits per heavy atom. The van der Waals surface area contributed by atoms with Crippen LogP contribution in [0.4, 0.5) is 14.5 Å². The lowest BCUT2D eigenvalue weighted by atomic mass is 10.1. The number of benzene rings is 2. The third-order valence-electron chi connectivity index (χ3n) is 4.28. The summed E-state index contributed by atoms with van der Waals surface area (Å²) < 4.78 is 26.9. The highest BCUT2D eigenvalue weighted by Gasteiger charge is 2.38. The molecule has 4 nitrogen and oxygen atoms in total. The van der Waals surface area contributed by atoms with E-state index in [4.69, 9.17) is 0 Å². The molecule has 0 saturated carbocycles. The van der Waals surface area contributed by atoms with Gasteiger partial charge in [-0.05, 0) is 30.5 Å². The van der Waals surface area contributed by atoms with Gasteiger partial charge in [0.1, 0.15) is 17.6 Å². The van der Waals surface area contributed by atoms with Crippen molar-refractivity contribution in [1.82, 2.24) is 5.32 Å². The fourth-order valence-corrected chi connectivity index (χ4v) is 2.96. The number of anilines is 1. The first-order chi connectivity index (χ1) is 12.1. The monoisotopic (exact) mass is 344 g/mol. The van der Waals surface area contributed by atoms with Gasteiger partial charge >= 0.3 is 0 Å². The molecule has 2 amide bonds. The van der Waals surface area contributed by atoms with Crippen LogP contribution < -0.4 is 10.2 Å². The zero-order valence-corrected chi connectivity index (χ0v) is 13.5. The first-order valence-electron chi connectivity index (χ1n) is 8.14. The number of halogens is 2. The van der Waals surface area contributed by atoms with Crippen LogP contribution in [0.25, 0.3) is 0 Å². The molecule has 1 fully saturated rings. The molecule has 1 saturated heterocycles. The van der Waals surface area contributed by atoms with E-state index in [0.29, 0.717) is 19.4 Å². The summed E-state index contributed by atoms with van der Waals surface area (Å²) in [5.41, 5.74) is 1.10. The summed E-state index contributed by atoms with van der Waals surface area (Å²) in [6, 6.07) is 12.7. The number of hydrogen-bond donors (Lipinski definition) is 1. The van der Waals surface area contributed by atoms with E-state index in [1.807, 2.05) is 30.3 Å². The van der Waals surface area contributed by atoms with Gasteiger partial charge in [0, 0.05) is 19.2 Å². The maximum atomic E-state index is 13.9. The molecule has 1 unspecified atom stereocenters. The number of carbonyl (C=O) groups is 2. The van der Waals surface area contributed by atoms with Gasteiger partial charge in [-0.1, -0.05) is 30.3 Å². The number of amides is 2. The molecule has 0 bridgehead atoms. The second-order valence-electron chi connectivity index (χ2n) is 5.95. The van der Waals surface area contributed by atoms with Gasteiger partial charge in [-0.25, -0.2) is 8.78 Å². The lowest BCUT2D eigenvalue weighted by molar-refractivity contribution is -0.132. The Balaban J connectivity index is 1.58. The van der Waals surface area contributed by atoms with Crippen LogP contribution >= 0.6 is 0 Å². The van der Waals surface area contributed by atoms with Gasteiger partial charge in [-0.2, -0.15) is 0 Å². The second-order valence-corrected chi connectivity index (χ2v) is 5.95. The van der Waals surface area contributed by atoms with E-state index in [1.54, 1.807) is 0 Å². The summed E-state index contributed by atoms with van der Waals surface area (Å²) in [5, 5.41) is 2.76. The number of nitrogens with zero attached hydrogens (tertiary/aromatic N) is 1. The van der Waals surface area contributed by atoms with Crippen LogP contribution in [-0.4, -0.2) is 24.9 Å². The summed E-state index contributed by atoms with van der Waals surface area (Å²) >= 11 is 0. The minimum atomic E-state index is -0.833. The minimum absolute atomic E-state index is 0.00554. The molecule has 6 heteroatoms. The Kier molecular flexibility index (Phi) is 5.07. The fourth-order valence-electron chi connectivity index (χ4n) is 2.96. The van der Waals surface area contributed by atoms with Gasteiger partial charge in [0.25, 0.3) is 0 Å². The molecular weight excluding hydrogens is 326 g/mol. The van der Waals surface area contributed by atoms with E-state index in [1.165, 1.54) is 11.0 Å². The van der Waals surface area contributed by atoms with Gasteiger partial charge in [0.05, 0.1) is 5.69 Å². The topological polar surface area (TPSA) is 49.4 Å². The van der Waals surface area contributed by atoms with Gasteiger partial charge in [-0.3, -0.25) is 9.59 Å². The number of hydrogen-bond acceptors (Lipinski definition) is 2. The van der Waals surface area contributed by atoms with Crippen molar-refractivity contribution in [3.05, 3.63) is 65.7 Å². The van der Waals surface area contributed by atoms with Crippen LogP contribution in [0.3, 0.4) is 0 Å². The van der Waals surface area contributed by atoms with Crippen LogP contribution in [0, 0.1) is 17.6 Å². The van der Waals surface area contributed by atoms with Crippen molar-refractivity contribution < 1.29 is 18.4 Å². The molecular formula is C19H18F2N2O2. The van der Waals surface area contributed by atoms with E-state index in [0.717, 1.165) is 17.7 Å². The quantitative estimate of drug-likeness (QED) is 0.848. The molecule has 2 aromatic rings. The molecule has 0 aliphatic carbocycles. The highest BCUT2D eigenvalue weighted by Crippen LogP contribution is 2.28. The lowest BCUT2D eigenvalue weighted by Crippen LogP contribution is -2.37. The van der Waals surface area contributed by atoms with Gasteiger partial charge in [0.15, 0.2) is 0 Å². The third kappa shape index (κ3) is 3.84. The molecule has 0 aromatic heterocycles. The third-order valence-corrected chi connectivity index (χ3v) is 4.28. The van der Waals surface area contributed by atoms with Crippen molar-refractivity contribution in [2.45, 2.75) is 12.8 Å². The van der Waals surface area contributed by atoms with Crippen molar-refractivity contribution in [1.29, 1.82) is 0 Å². The molecule has 0 radical (unpaired) electrons. The van der Waals surface area contributed by atoms with Crippen molar-refractivity contribution in [2.24, 2.45) is 5.92 Å². The SMILES string of the molecule is O=C(NCCc1ccccc1)C1CCN(c2ccc(F)cc2F)C1=O. The summed E-state index contributed by atoms with van der Waals surface area (Å²) in [6.07, 6.45) is 0.983. The maximum absolute atomic E-state index is 13.9. The van der Waals surface area contributed by atoms with Gasteiger partial charge < -0.3 is 10.2 Å². The first-order valence-corrected chi connectivity index (χ1v) is 8.14.